The van der Waals surface area contributed by atoms with E-state index < -0.39 is 17.7 Å². The largest absolute Gasteiger partial charge is 0.460 e. The molecule has 0 aromatic rings. The summed E-state index contributed by atoms with van der Waals surface area (Å²) in [6, 6.07) is 0. The lowest BCUT2D eigenvalue weighted by Crippen LogP contribution is -2.30. The van der Waals surface area contributed by atoms with Gasteiger partial charge in [0.05, 0.1) is 13.0 Å². The topological polar surface area (TPSA) is 108 Å². The number of hydrogen-bond donors (Lipinski definition) is 2. The van der Waals surface area contributed by atoms with Gasteiger partial charge in [-0.1, -0.05) is 0 Å². The van der Waals surface area contributed by atoms with Gasteiger partial charge < -0.3 is 20.5 Å². The minimum absolute atomic E-state index is 0.00745. The second kappa shape index (κ2) is 7.52. The van der Waals surface area contributed by atoms with Crippen molar-refractivity contribution < 1.29 is 23.9 Å². The van der Waals surface area contributed by atoms with Crippen molar-refractivity contribution in [3.63, 3.8) is 0 Å². The van der Waals surface area contributed by atoms with Crippen molar-refractivity contribution in [3.8, 4) is 0 Å². The summed E-state index contributed by atoms with van der Waals surface area (Å²) in [4.78, 5) is 32.8. The fraction of sp³-hybridized carbons (Fsp3) is 0.727. The van der Waals surface area contributed by atoms with Crippen molar-refractivity contribution in [1.29, 1.82) is 0 Å². The average molecular weight is 260 g/mol. The molecule has 3 N–H and O–H groups in total. The molecule has 0 saturated heterocycles. The van der Waals surface area contributed by atoms with Crippen molar-refractivity contribution in [2.24, 2.45) is 5.73 Å². The van der Waals surface area contributed by atoms with Crippen LogP contribution < -0.4 is 11.1 Å². The Hall–Kier alpha value is -1.79. The second-order valence-electron chi connectivity index (χ2n) is 4.60. The maximum Gasteiger partial charge on any atom is 0.404 e. The van der Waals surface area contributed by atoms with Crippen LogP contribution in [0.4, 0.5) is 4.79 Å². The van der Waals surface area contributed by atoms with E-state index in [0.29, 0.717) is 0 Å². The van der Waals surface area contributed by atoms with Crippen LogP contribution in [0.3, 0.4) is 0 Å². The fourth-order valence-corrected chi connectivity index (χ4v) is 1.04. The normalized spacial score (nSPS) is 10.6. The van der Waals surface area contributed by atoms with Crippen LogP contribution in [0.2, 0.25) is 0 Å². The minimum atomic E-state index is -0.891. The molecule has 0 bridgehead atoms. The van der Waals surface area contributed by atoms with Gasteiger partial charge in [0, 0.05) is 6.42 Å². The molecule has 0 aliphatic rings. The lowest BCUT2D eigenvalue weighted by atomic mass is 10.2. The molecule has 0 aliphatic heterocycles. The molecular weight excluding hydrogens is 240 g/mol. The van der Waals surface area contributed by atoms with Crippen LogP contribution in [0, 0.1) is 0 Å². The van der Waals surface area contributed by atoms with Crippen molar-refractivity contribution in [3.05, 3.63) is 0 Å². The maximum atomic E-state index is 11.3. The number of nitrogens with one attached hydrogen (secondary N) is 1. The van der Waals surface area contributed by atoms with Crippen molar-refractivity contribution in [1.82, 2.24) is 5.32 Å². The molecule has 0 fully saturated rings. The molecule has 104 valence electrons. The zero-order valence-corrected chi connectivity index (χ0v) is 10.9. The standard InChI is InChI=1S/C11H20N2O5/c1-11(2,3)18-9(15)5-4-8(14)13-6-7-17-10(12)16/h4-7H2,1-3H3,(H2,12,16)(H,13,14). The molecule has 0 heterocycles. The molecule has 0 aromatic carbocycles. The first-order chi connectivity index (χ1) is 8.20. The Morgan fingerprint density at radius 2 is 1.78 bits per heavy atom. The molecule has 7 heteroatoms. The van der Waals surface area contributed by atoms with Gasteiger partial charge in [-0.3, -0.25) is 9.59 Å². The summed E-state index contributed by atoms with van der Waals surface area (Å²) in [5, 5.41) is 2.48. The van der Waals surface area contributed by atoms with Gasteiger partial charge in [-0.2, -0.15) is 0 Å². The van der Waals surface area contributed by atoms with E-state index in [1.54, 1.807) is 20.8 Å². The quantitative estimate of drug-likeness (QED) is 0.528. The van der Waals surface area contributed by atoms with E-state index in [9.17, 15) is 14.4 Å². The monoisotopic (exact) mass is 260 g/mol. The molecule has 0 spiro atoms. The lowest BCUT2D eigenvalue weighted by molar-refractivity contribution is -0.155. The summed E-state index contributed by atoms with van der Waals surface area (Å²) in [5.74, 6) is -0.736. The number of carbonyl (C=O) groups is 3. The van der Waals surface area contributed by atoms with Crippen molar-refractivity contribution in [2.75, 3.05) is 13.2 Å². The Morgan fingerprint density at radius 3 is 2.28 bits per heavy atom. The Balaban J connectivity index is 3.64. The molecule has 7 nitrogen and oxygen atoms in total. The van der Waals surface area contributed by atoms with Gasteiger partial charge in [0.1, 0.15) is 12.2 Å². The van der Waals surface area contributed by atoms with Gasteiger partial charge in [0.15, 0.2) is 0 Å². The Bertz CT molecular complexity index is 309. The van der Waals surface area contributed by atoms with E-state index in [4.69, 9.17) is 10.5 Å². The van der Waals surface area contributed by atoms with Crippen molar-refractivity contribution in [2.45, 2.75) is 39.2 Å². The molecule has 0 aromatic heterocycles. The lowest BCUT2D eigenvalue weighted by Gasteiger charge is -2.19. The Kier molecular flexibility index (Phi) is 6.77. The number of rotatable bonds is 6. The smallest absolute Gasteiger partial charge is 0.404 e. The number of ether oxygens (including phenoxy) is 2. The van der Waals surface area contributed by atoms with Gasteiger partial charge in [-0.05, 0) is 20.8 Å². The first kappa shape index (κ1) is 16.2. The first-order valence-corrected chi connectivity index (χ1v) is 5.61. The van der Waals surface area contributed by atoms with Crippen LogP contribution in [-0.2, 0) is 19.1 Å². The van der Waals surface area contributed by atoms with E-state index in [0.717, 1.165) is 0 Å². The summed E-state index contributed by atoms with van der Waals surface area (Å²) in [5.41, 5.74) is 4.18. The molecular formula is C11H20N2O5. The van der Waals surface area contributed by atoms with Crippen LogP contribution in [0.15, 0.2) is 0 Å². The third-order valence-electron chi connectivity index (χ3n) is 1.64. The van der Waals surface area contributed by atoms with E-state index in [1.165, 1.54) is 0 Å². The highest BCUT2D eigenvalue weighted by atomic mass is 16.6. The third kappa shape index (κ3) is 10.7. The first-order valence-electron chi connectivity index (χ1n) is 5.61. The summed E-state index contributed by atoms with van der Waals surface area (Å²) >= 11 is 0. The molecule has 0 rings (SSSR count). The second-order valence-corrected chi connectivity index (χ2v) is 4.60. The zero-order chi connectivity index (χ0) is 14.2. The number of primary amides is 1. The van der Waals surface area contributed by atoms with Gasteiger partial charge in [0.25, 0.3) is 0 Å². The number of esters is 1. The number of nitrogens with two attached hydrogens (primary N) is 1. The molecule has 0 unspecified atom stereocenters. The van der Waals surface area contributed by atoms with E-state index >= 15 is 0 Å². The highest BCUT2D eigenvalue weighted by Crippen LogP contribution is 2.08. The number of carbonyl (C=O) groups excluding carboxylic acids is 3. The van der Waals surface area contributed by atoms with Gasteiger partial charge in [-0.15, -0.1) is 0 Å². The molecule has 0 radical (unpaired) electrons. The van der Waals surface area contributed by atoms with Gasteiger partial charge in [0.2, 0.25) is 5.91 Å². The van der Waals surface area contributed by atoms with Crippen LogP contribution >= 0.6 is 0 Å². The summed E-state index contributed by atoms with van der Waals surface area (Å²) in [7, 11) is 0. The van der Waals surface area contributed by atoms with Crippen LogP contribution in [0.5, 0.6) is 0 Å². The number of hydrogen-bond acceptors (Lipinski definition) is 5. The molecule has 0 saturated carbocycles. The zero-order valence-electron chi connectivity index (χ0n) is 10.9. The highest BCUT2D eigenvalue weighted by molar-refractivity contribution is 5.81. The summed E-state index contributed by atoms with van der Waals surface area (Å²) in [6.07, 6.45) is -0.844. The van der Waals surface area contributed by atoms with Gasteiger partial charge in [-0.25, -0.2) is 4.79 Å². The van der Waals surface area contributed by atoms with Crippen molar-refractivity contribution >= 4 is 18.0 Å². The fourth-order valence-electron chi connectivity index (χ4n) is 1.04. The van der Waals surface area contributed by atoms with E-state index in [-0.39, 0.29) is 31.9 Å². The molecule has 2 amide bonds. The van der Waals surface area contributed by atoms with Crippen LogP contribution in [-0.4, -0.2) is 36.7 Å². The maximum absolute atomic E-state index is 11.3. The number of amides is 2. The average Bonchev–Trinajstić information content (AvgIpc) is 2.19. The third-order valence-corrected chi connectivity index (χ3v) is 1.64. The SMILES string of the molecule is CC(C)(C)OC(=O)CCC(=O)NCCOC(N)=O. The predicted molar refractivity (Wildman–Crippen MR) is 63.6 cm³/mol. The van der Waals surface area contributed by atoms with Crippen LogP contribution in [0.1, 0.15) is 33.6 Å². The van der Waals surface area contributed by atoms with E-state index in [1.807, 2.05) is 0 Å². The highest BCUT2D eigenvalue weighted by Gasteiger charge is 2.16. The Labute approximate surface area is 106 Å². The Morgan fingerprint density at radius 1 is 1.17 bits per heavy atom. The predicted octanol–water partition coefficient (Wildman–Crippen LogP) is 0.320. The van der Waals surface area contributed by atoms with Gasteiger partial charge >= 0.3 is 12.1 Å². The molecule has 0 aliphatic carbocycles. The molecule has 18 heavy (non-hydrogen) atoms. The summed E-state index contributed by atoms with van der Waals surface area (Å²) < 4.78 is 9.46. The van der Waals surface area contributed by atoms with E-state index in [2.05, 4.69) is 10.1 Å². The minimum Gasteiger partial charge on any atom is -0.460 e. The van der Waals surface area contributed by atoms with Crippen LogP contribution in [0.25, 0.3) is 0 Å². The summed E-state index contributed by atoms with van der Waals surface area (Å²) in [6.45, 7) is 5.44. The molecule has 0 atom stereocenters.